The molecule has 1 aromatic rings. The van der Waals surface area contributed by atoms with Crippen LogP contribution in [0.15, 0.2) is 30.3 Å². The van der Waals surface area contributed by atoms with Crippen molar-refractivity contribution in [3.63, 3.8) is 0 Å². The smallest absolute Gasteiger partial charge is 0.0340 e. The highest BCUT2D eigenvalue weighted by atomic mass is 32.2. The van der Waals surface area contributed by atoms with E-state index < -0.39 is 0 Å². The maximum Gasteiger partial charge on any atom is 0.0340 e. The van der Waals surface area contributed by atoms with Gasteiger partial charge in [0.1, 0.15) is 0 Å². The number of para-hydroxylation sites is 1. The van der Waals surface area contributed by atoms with Gasteiger partial charge in [0.2, 0.25) is 0 Å². The van der Waals surface area contributed by atoms with Crippen molar-refractivity contribution in [2.75, 3.05) is 11.9 Å². The molecule has 0 bridgehead atoms. The molecule has 0 spiro atoms. The molecule has 0 saturated heterocycles. The van der Waals surface area contributed by atoms with Gasteiger partial charge in [-0.05, 0) is 25.0 Å². The predicted octanol–water partition coefficient (Wildman–Crippen LogP) is 4.16. The predicted molar refractivity (Wildman–Crippen MR) is 74.2 cm³/mol. The van der Waals surface area contributed by atoms with Crippen molar-refractivity contribution in [2.24, 2.45) is 0 Å². The SMILES string of the molecule is CC(CNc1ccccc1)SC1CCCC1. The van der Waals surface area contributed by atoms with Crippen LogP contribution in [-0.4, -0.2) is 17.0 Å². The van der Waals surface area contributed by atoms with Crippen LogP contribution in [0.4, 0.5) is 5.69 Å². The zero-order chi connectivity index (χ0) is 11.2. The minimum Gasteiger partial charge on any atom is -0.384 e. The first-order valence-corrected chi connectivity index (χ1v) is 7.23. The Balaban J connectivity index is 1.69. The molecule has 1 saturated carbocycles. The fraction of sp³-hybridized carbons (Fsp3) is 0.571. The number of benzene rings is 1. The van der Waals surface area contributed by atoms with Crippen molar-refractivity contribution < 1.29 is 0 Å². The third-order valence-corrected chi connectivity index (χ3v) is 4.58. The van der Waals surface area contributed by atoms with Gasteiger partial charge in [-0.25, -0.2) is 0 Å². The third kappa shape index (κ3) is 3.75. The van der Waals surface area contributed by atoms with Crippen LogP contribution in [0.3, 0.4) is 0 Å². The van der Waals surface area contributed by atoms with Crippen LogP contribution in [-0.2, 0) is 0 Å². The van der Waals surface area contributed by atoms with Crippen molar-refractivity contribution in [1.29, 1.82) is 0 Å². The Kier molecular flexibility index (Phi) is 4.58. The van der Waals surface area contributed by atoms with Gasteiger partial charge in [-0.2, -0.15) is 11.8 Å². The Labute approximate surface area is 103 Å². The molecule has 1 N–H and O–H groups in total. The number of nitrogens with one attached hydrogen (secondary N) is 1. The lowest BCUT2D eigenvalue weighted by Gasteiger charge is -2.17. The van der Waals surface area contributed by atoms with Gasteiger partial charge in [-0.1, -0.05) is 38.0 Å². The average Bonchev–Trinajstić information content (AvgIpc) is 2.81. The fourth-order valence-corrected chi connectivity index (χ4v) is 3.66. The van der Waals surface area contributed by atoms with E-state index in [0.29, 0.717) is 5.25 Å². The average molecular weight is 235 g/mol. The topological polar surface area (TPSA) is 12.0 Å². The van der Waals surface area contributed by atoms with Crippen molar-refractivity contribution in [3.05, 3.63) is 30.3 Å². The summed E-state index contributed by atoms with van der Waals surface area (Å²) in [6.45, 7) is 3.41. The molecule has 2 heteroatoms. The molecular formula is C14H21NS. The molecule has 16 heavy (non-hydrogen) atoms. The number of thioether (sulfide) groups is 1. The number of rotatable bonds is 5. The van der Waals surface area contributed by atoms with Gasteiger partial charge in [0.05, 0.1) is 0 Å². The summed E-state index contributed by atoms with van der Waals surface area (Å²) in [7, 11) is 0. The summed E-state index contributed by atoms with van der Waals surface area (Å²) in [5.41, 5.74) is 1.24. The minimum atomic E-state index is 0.711. The Hall–Kier alpha value is -0.630. The molecule has 0 heterocycles. The molecule has 88 valence electrons. The molecule has 1 atom stereocenters. The molecule has 1 fully saturated rings. The van der Waals surface area contributed by atoms with Crippen molar-refractivity contribution in [3.8, 4) is 0 Å². The molecule has 1 unspecified atom stereocenters. The molecule has 1 nitrogen and oxygen atoms in total. The highest BCUT2D eigenvalue weighted by Gasteiger charge is 2.17. The van der Waals surface area contributed by atoms with Gasteiger partial charge in [0, 0.05) is 22.7 Å². The maximum atomic E-state index is 3.50. The number of anilines is 1. The summed E-state index contributed by atoms with van der Waals surface area (Å²) in [6.07, 6.45) is 5.74. The Morgan fingerprint density at radius 1 is 1.25 bits per heavy atom. The molecule has 2 rings (SSSR count). The van der Waals surface area contributed by atoms with Gasteiger partial charge in [-0.3, -0.25) is 0 Å². The second-order valence-electron chi connectivity index (χ2n) is 4.60. The number of hydrogen-bond acceptors (Lipinski definition) is 2. The molecular weight excluding hydrogens is 214 g/mol. The van der Waals surface area contributed by atoms with Crippen LogP contribution < -0.4 is 5.32 Å². The van der Waals surface area contributed by atoms with E-state index in [9.17, 15) is 0 Å². The zero-order valence-electron chi connectivity index (χ0n) is 9.99. The van der Waals surface area contributed by atoms with E-state index in [1.54, 1.807) is 0 Å². The molecule has 1 aliphatic rings. The van der Waals surface area contributed by atoms with Gasteiger partial charge < -0.3 is 5.32 Å². The highest BCUT2D eigenvalue weighted by Crippen LogP contribution is 2.32. The van der Waals surface area contributed by atoms with E-state index >= 15 is 0 Å². The summed E-state index contributed by atoms with van der Waals surface area (Å²) in [4.78, 5) is 0. The second kappa shape index (κ2) is 6.19. The van der Waals surface area contributed by atoms with Crippen LogP contribution in [0.25, 0.3) is 0 Å². The standard InChI is InChI=1S/C14H21NS/c1-12(16-14-9-5-6-10-14)11-15-13-7-3-2-4-8-13/h2-4,7-8,12,14-15H,5-6,9-11H2,1H3. The fourth-order valence-electron chi connectivity index (χ4n) is 2.22. The second-order valence-corrected chi connectivity index (χ2v) is 6.34. The third-order valence-electron chi connectivity index (χ3n) is 3.09. The van der Waals surface area contributed by atoms with E-state index in [4.69, 9.17) is 0 Å². The molecule has 0 aliphatic heterocycles. The normalized spacial score (nSPS) is 18.6. The lowest BCUT2D eigenvalue weighted by molar-refractivity contribution is 0.886. The monoisotopic (exact) mass is 235 g/mol. The quantitative estimate of drug-likeness (QED) is 0.822. The van der Waals surface area contributed by atoms with E-state index in [0.717, 1.165) is 11.8 Å². The lowest BCUT2D eigenvalue weighted by Crippen LogP contribution is -2.15. The van der Waals surface area contributed by atoms with E-state index in [1.165, 1.54) is 31.4 Å². The van der Waals surface area contributed by atoms with Crippen molar-refractivity contribution >= 4 is 17.4 Å². The van der Waals surface area contributed by atoms with E-state index in [2.05, 4.69) is 54.3 Å². The number of hydrogen-bond donors (Lipinski definition) is 1. The summed E-state index contributed by atoms with van der Waals surface area (Å²) < 4.78 is 0. The maximum absolute atomic E-state index is 3.50. The van der Waals surface area contributed by atoms with Crippen molar-refractivity contribution in [1.82, 2.24) is 0 Å². The molecule has 0 radical (unpaired) electrons. The van der Waals surface area contributed by atoms with E-state index in [1.807, 2.05) is 0 Å². The lowest BCUT2D eigenvalue weighted by atomic mass is 10.3. The summed E-state index contributed by atoms with van der Waals surface area (Å²) in [5, 5.41) is 5.13. The van der Waals surface area contributed by atoms with Gasteiger partial charge in [0.25, 0.3) is 0 Å². The molecule has 0 aromatic heterocycles. The Morgan fingerprint density at radius 3 is 2.62 bits per heavy atom. The summed E-state index contributed by atoms with van der Waals surface area (Å²) in [5.74, 6) is 0. The minimum absolute atomic E-state index is 0.711. The Bertz CT molecular complexity index is 293. The summed E-state index contributed by atoms with van der Waals surface area (Å²) >= 11 is 2.16. The van der Waals surface area contributed by atoms with Crippen molar-refractivity contribution in [2.45, 2.75) is 43.1 Å². The van der Waals surface area contributed by atoms with Crippen LogP contribution in [0.2, 0.25) is 0 Å². The van der Waals surface area contributed by atoms with Gasteiger partial charge in [-0.15, -0.1) is 0 Å². The molecule has 1 aromatic carbocycles. The highest BCUT2D eigenvalue weighted by molar-refractivity contribution is 8.00. The summed E-state index contributed by atoms with van der Waals surface area (Å²) in [6, 6.07) is 10.5. The van der Waals surface area contributed by atoms with Crippen LogP contribution in [0, 0.1) is 0 Å². The zero-order valence-corrected chi connectivity index (χ0v) is 10.8. The molecule has 1 aliphatic carbocycles. The van der Waals surface area contributed by atoms with Crippen LogP contribution in [0.5, 0.6) is 0 Å². The van der Waals surface area contributed by atoms with Crippen LogP contribution >= 0.6 is 11.8 Å². The van der Waals surface area contributed by atoms with Gasteiger partial charge in [0.15, 0.2) is 0 Å². The largest absolute Gasteiger partial charge is 0.384 e. The first-order chi connectivity index (χ1) is 7.84. The van der Waals surface area contributed by atoms with Gasteiger partial charge >= 0.3 is 0 Å². The van der Waals surface area contributed by atoms with E-state index in [-0.39, 0.29) is 0 Å². The molecule has 0 amide bonds. The van der Waals surface area contributed by atoms with Crippen LogP contribution in [0.1, 0.15) is 32.6 Å². The first-order valence-electron chi connectivity index (χ1n) is 6.29. The first kappa shape index (κ1) is 11.8. The Morgan fingerprint density at radius 2 is 1.94 bits per heavy atom.